The van der Waals surface area contributed by atoms with Crippen molar-refractivity contribution in [1.82, 2.24) is 14.5 Å². The highest BCUT2D eigenvalue weighted by Gasteiger charge is 2.21. The molecule has 302 valence electrons. The van der Waals surface area contributed by atoms with Gasteiger partial charge in [0, 0.05) is 27.3 Å². The summed E-state index contributed by atoms with van der Waals surface area (Å²) in [6.45, 7) is 0. The van der Waals surface area contributed by atoms with E-state index < -0.39 is 0 Å². The molecule has 2 aromatic heterocycles. The second kappa shape index (κ2) is 15.0. The van der Waals surface area contributed by atoms with Crippen molar-refractivity contribution >= 4 is 65.2 Å². The Kier molecular flexibility index (Phi) is 8.53. The van der Waals surface area contributed by atoms with Gasteiger partial charge in [-0.1, -0.05) is 188 Å². The van der Waals surface area contributed by atoms with Crippen molar-refractivity contribution in [1.29, 1.82) is 0 Å². The van der Waals surface area contributed by atoms with Crippen LogP contribution in [-0.2, 0) is 0 Å². The average Bonchev–Trinajstić information content (AvgIpc) is 3.73. The van der Waals surface area contributed by atoms with Crippen molar-refractivity contribution in [2.75, 3.05) is 0 Å². The first kappa shape index (κ1) is 36.9. The van der Waals surface area contributed by atoms with E-state index in [1.807, 2.05) is 12.1 Å². The first-order chi connectivity index (χ1) is 32.2. The summed E-state index contributed by atoms with van der Waals surface area (Å²) in [5, 5.41) is 9.81. The van der Waals surface area contributed by atoms with Crippen LogP contribution in [0.3, 0.4) is 0 Å². The Hall–Kier alpha value is -8.66. The number of benzene rings is 11. The van der Waals surface area contributed by atoms with Crippen LogP contribution in [0.5, 0.6) is 0 Å². The largest absolute Gasteiger partial charge is 0.309 e. The molecule has 0 saturated heterocycles. The van der Waals surface area contributed by atoms with Crippen LogP contribution in [0.2, 0.25) is 0 Å². The molecule has 0 aliphatic heterocycles. The molecule has 13 aromatic rings. The fourth-order valence-electron chi connectivity index (χ4n) is 10.1. The first-order valence-corrected chi connectivity index (χ1v) is 22.2. The predicted octanol–water partition coefficient (Wildman–Crippen LogP) is 16.5. The van der Waals surface area contributed by atoms with E-state index in [2.05, 4.69) is 229 Å². The number of hydrogen-bond donors (Lipinski definition) is 0. The normalized spacial score (nSPS) is 11.7. The predicted molar refractivity (Wildman–Crippen MR) is 274 cm³/mol. The topological polar surface area (TPSA) is 30.7 Å². The molecule has 3 nitrogen and oxygen atoms in total. The lowest BCUT2D eigenvalue weighted by atomic mass is 9.92. The summed E-state index contributed by atoms with van der Waals surface area (Å²) in [6, 6.07) is 85.2. The molecule has 0 N–H and O–H groups in total. The van der Waals surface area contributed by atoms with Gasteiger partial charge < -0.3 is 4.57 Å². The van der Waals surface area contributed by atoms with Crippen molar-refractivity contribution in [3.63, 3.8) is 0 Å². The Morgan fingerprint density at radius 2 is 0.723 bits per heavy atom. The Labute approximate surface area is 376 Å². The molecule has 0 saturated carbocycles. The third-order valence-corrected chi connectivity index (χ3v) is 13.2. The highest BCUT2D eigenvalue weighted by atomic mass is 15.0. The van der Waals surface area contributed by atoms with Crippen molar-refractivity contribution in [2.24, 2.45) is 0 Å². The van der Waals surface area contributed by atoms with Gasteiger partial charge in [0.1, 0.15) is 0 Å². The molecule has 11 aromatic carbocycles. The number of para-hydroxylation sites is 2. The molecule has 0 radical (unpaired) electrons. The minimum absolute atomic E-state index is 0.853. The van der Waals surface area contributed by atoms with Crippen LogP contribution in [0.1, 0.15) is 0 Å². The van der Waals surface area contributed by atoms with Crippen molar-refractivity contribution < 1.29 is 0 Å². The van der Waals surface area contributed by atoms with E-state index in [9.17, 15) is 0 Å². The monoisotopic (exact) mass is 825 g/mol. The molecular weight excluding hydrogens is 787 g/mol. The Morgan fingerprint density at radius 1 is 0.277 bits per heavy atom. The summed E-state index contributed by atoms with van der Waals surface area (Å²) in [7, 11) is 0. The van der Waals surface area contributed by atoms with Gasteiger partial charge in [0.15, 0.2) is 0 Å². The maximum atomic E-state index is 5.43. The minimum Gasteiger partial charge on any atom is -0.309 e. The van der Waals surface area contributed by atoms with E-state index in [1.165, 1.54) is 65.6 Å². The van der Waals surface area contributed by atoms with Gasteiger partial charge in [-0.2, -0.15) is 0 Å². The van der Waals surface area contributed by atoms with Crippen LogP contribution >= 0.6 is 0 Å². The zero-order chi connectivity index (χ0) is 42.8. The maximum Gasteiger partial charge on any atom is 0.0979 e. The molecule has 0 aliphatic rings. The van der Waals surface area contributed by atoms with Gasteiger partial charge in [-0.05, 0) is 109 Å². The number of rotatable bonds is 6. The summed E-state index contributed by atoms with van der Waals surface area (Å²) in [6.07, 6.45) is 0. The summed E-state index contributed by atoms with van der Waals surface area (Å²) < 4.78 is 2.47. The lowest BCUT2D eigenvalue weighted by Crippen LogP contribution is -1.98. The summed E-state index contributed by atoms with van der Waals surface area (Å²) in [5.74, 6) is 0. The highest BCUT2D eigenvalue weighted by Crippen LogP contribution is 2.44. The molecule has 65 heavy (non-hydrogen) atoms. The van der Waals surface area contributed by atoms with Gasteiger partial charge in [0.25, 0.3) is 0 Å². The molecule has 0 spiro atoms. The van der Waals surface area contributed by atoms with E-state index >= 15 is 0 Å². The van der Waals surface area contributed by atoms with Gasteiger partial charge in [-0.25, -0.2) is 9.97 Å². The summed E-state index contributed by atoms with van der Waals surface area (Å²) in [5.41, 5.74) is 16.0. The number of aromatic nitrogens is 3. The van der Waals surface area contributed by atoms with Gasteiger partial charge in [0.05, 0.1) is 39.1 Å². The lowest BCUT2D eigenvalue weighted by Gasteiger charge is -2.16. The third-order valence-electron chi connectivity index (χ3n) is 13.2. The van der Waals surface area contributed by atoms with Gasteiger partial charge in [-0.15, -0.1) is 0 Å². The number of hydrogen-bond acceptors (Lipinski definition) is 2. The zero-order valence-corrected chi connectivity index (χ0v) is 35.4. The molecule has 0 bridgehead atoms. The molecule has 3 heteroatoms. The Bertz CT molecular complexity index is 3830. The smallest absolute Gasteiger partial charge is 0.0979 e. The van der Waals surface area contributed by atoms with E-state index in [0.717, 1.165) is 61.1 Å². The fourth-order valence-corrected chi connectivity index (χ4v) is 10.1. The lowest BCUT2D eigenvalue weighted by molar-refractivity contribution is 1.20. The standard InChI is InChI=1S/C62H39N3/c1-3-15-40(16-4-1)46-37-47(41-17-5-2-6-18-41)39-48(38-46)42-29-31-45(32-30-42)61-62(64-55-27-12-11-26-54(55)63-61)53-25-13-24-52-51(53)23-14-28-56(52)65-57-35-33-43-19-7-9-21-49(43)59(57)60-50-22-10-8-20-44(50)34-36-58(60)65/h1-39H. The van der Waals surface area contributed by atoms with Gasteiger partial charge in [-0.3, -0.25) is 0 Å². The van der Waals surface area contributed by atoms with E-state index in [-0.39, 0.29) is 0 Å². The van der Waals surface area contributed by atoms with Crippen LogP contribution in [0, 0.1) is 0 Å². The zero-order valence-electron chi connectivity index (χ0n) is 35.4. The second-order valence-electron chi connectivity index (χ2n) is 16.9. The van der Waals surface area contributed by atoms with Crippen LogP contribution in [0.4, 0.5) is 0 Å². The van der Waals surface area contributed by atoms with Crippen LogP contribution in [0.15, 0.2) is 237 Å². The molecule has 0 amide bonds. The molecule has 0 aliphatic carbocycles. The van der Waals surface area contributed by atoms with Crippen molar-refractivity contribution in [3.8, 4) is 61.6 Å². The SMILES string of the molecule is c1ccc(-c2cc(-c3ccccc3)cc(-c3ccc(-c4nc5ccccc5nc4-c4cccc5c(-n6c7ccc8ccccc8c7c7c8ccccc8ccc76)cccc45)cc3)c2)cc1. The molecule has 0 atom stereocenters. The Balaban J connectivity index is 0.991. The molecular formula is C62H39N3. The number of nitrogens with zero attached hydrogens (tertiary/aromatic N) is 3. The maximum absolute atomic E-state index is 5.43. The van der Waals surface area contributed by atoms with E-state index in [1.54, 1.807) is 0 Å². The van der Waals surface area contributed by atoms with E-state index in [0.29, 0.717) is 0 Å². The van der Waals surface area contributed by atoms with Crippen LogP contribution in [-0.4, -0.2) is 14.5 Å². The third kappa shape index (κ3) is 6.12. The summed E-state index contributed by atoms with van der Waals surface area (Å²) >= 11 is 0. The molecule has 13 rings (SSSR count). The van der Waals surface area contributed by atoms with Crippen LogP contribution in [0.25, 0.3) is 127 Å². The quantitative estimate of drug-likeness (QED) is 0.167. The highest BCUT2D eigenvalue weighted by molar-refractivity contribution is 6.29. The number of fused-ring (bicyclic) bond motifs is 9. The molecule has 0 unspecified atom stereocenters. The molecule has 2 heterocycles. The van der Waals surface area contributed by atoms with Gasteiger partial charge in [0.2, 0.25) is 0 Å². The van der Waals surface area contributed by atoms with E-state index in [4.69, 9.17) is 9.97 Å². The van der Waals surface area contributed by atoms with Crippen LogP contribution < -0.4 is 0 Å². The minimum atomic E-state index is 0.853. The molecule has 0 fully saturated rings. The fraction of sp³-hybridized carbons (Fsp3) is 0. The van der Waals surface area contributed by atoms with Crippen molar-refractivity contribution in [3.05, 3.63) is 237 Å². The second-order valence-corrected chi connectivity index (χ2v) is 16.9. The van der Waals surface area contributed by atoms with Crippen molar-refractivity contribution in [2.45, 2.75) is 0 Å². The first-order valence-electron chi connectivity index (χ1n) is 22.2. The Morgan fingerprint density at radius 3 is 1.31 bits per heavy atom. The van der Waals surface area contributed by atoms with Gasteiger partial charge >= 0.3 is 0 Å². The average molecular weight is 826 g/mol. The summed E-state index contributed by atoms with van der Waals surface area (Å²) in [4.78, 5) is 10.8.